The Balaban J connectivity index is 2.14. The minimum atomic E-state index is 0.545. The van der Waals surface area contributed by atoms with Crippen molar-refractivity contribution >= 4 is 11.6 Å². The van der Waals surface area contributed by atoms with Gasteiger partial charge in [0.1, 0.15) is 12.1 Å². The van der Waals surface area contributed by atoms with Gasteiger partial charge >= 0.3 is 0 Å². The van der Waals surface area contributed by atoms with Crippen LogP contribution in [0, 0.1) is 0 Å². The molecule has 0 aliphatic rings. The quantitative estimate of drug-likeness (QED) is 0.820. The van der Waals surface area contributed by atoms with Crippen LogP contribution in [0.3, 0.4) is 0 Å². The maximum atomic E-state index is 5.26. The normalized spacial score (nSPS) is 10.0. The van der Waals surface area contributed by atoms with E-state index in [1.54, 1.807) is 20.4 Å². The molecule has 0 bridgehead atoms. The van der Waals surface area contributed by atoms with Crippen molar-refractivity contribution in [3.63, 3.8) is 0 Å². The molecule has 0 unspecified atom stereocenters. The standard InChI is InChI=1S/C11H14N4O2/c1-12-10-9(16-2)11(15-7-14-10)13-6-8-4-3-5-17-8/h3-5,7H,6H2,1-2H3,(H2,12,13,14,15). The van der Waals surface area contributed by atoms with E-state index in [0.29, 0.717) is 23.9 Å². The second kappa shape index (κ2) is 5.20. The molecule has 0 saturated carbocycles. The Labute approximate surface area is 99.0 Å². The summed E-state index contributed by atoms with van der Waals surface area (Å²) >= 11 is 0. The van der Waals surface area contributed by atoms with Gasteiger partial charge in [-0.25, -0.2) is 9.97 Å². The topological polar surface area (TPSA) is 72.2 Å². The average molecular weight is 234 g/mol. The molecule has 0 aromatic carbocycles. The van der Waals surface area contributed by atoms with Crippen molar-refractivity contribution in [2.45, 2.75) is 6.54 Å². The van der Waals surface area contributed by atoms with Crippen molar-refractivity contribution in [1.82, 2.24) is 9.97 Å². The van der Waals surface area contributed by atoms with E-state index in [9.17, 15) is 0 Å². The van der Waals surface area contributed by atoms with Crippen LogP contribution in [0.4, 0.5) is 11.6 Å². The molecule has 6 heteroatoms. The van der Waals surface area contributed by atoms with Gasteiger partial charge in [-0.05, 0) is 12.1 Å². The first-order valence-electron chi connectivity index (χ1n) is 5.18. The summed E-state index contributed by atoms with van der Waals surface area (Å²) in [5.41, 5.74) is 0. The summed E-state index contributed by atoms with van der Waals surface area (Å²) in [6.07, 6.45) is 3.10. The van der Waals surface area contributed by atoms with Crippen LogP contribution in [0.25, 0.3) is 0 Å². The first-order chi connectivity index (χ1) is 8.35. The largest absolute Gasteiger partial charge is 0.490 e. The summed E-state index contributed by atoms with van der Waals surface area (Å²) < 4.78 is 10.5. The number of methoxy groups -OCH3 is 1. The lowest BCUT2D eigenvalue weighted by atomic mass is 10.4. The van der Waals surface area contributed by atoms with E-state index in [1.165, 1.54) is 6.33 Å². The van der Waals surface area contributed by atoms with Gasteiger partial charge in [-0.3, -0.25) is 0 Å². The molecule has 2 aromatic rings. The van der Waals surface area contributed by atoms with Gasteiger partial charge in [0.15, 0.2) is 11.6 Å². The lowest BCUT2D eigenvalue weighted by Crippen LogP contribution is -2.06. The van der Waals surface area contributed by atoms with Gasteiger partial charge < -0.3 is 19.8 Å². The fourth-order valence-electron chi connectivity index (χ4n) is 1.46. The molecule has 0 amide bonds. The van der Waals surface area contributed by atoms with Crippen molar-refractivity contribution < 1.29 is 9.15 Å². The third kappa shape index (κ3) is 2.47. The Kier molecular flexibility index (Phi) is 3.44. The maximum Gasteiger partial charge on any atom is 0.204 e. The molecule has 2 rings (SSSR count). The van der Waals surface area contributed by atoms with Crippen LogP contribution in [-0.2, 0) is 6.54 Å². The zero-order chi connectivity index (χ0) is 12.1. The second-order valence-corrected chi connectivity index (χ2v) is 3.29. The van der Waals surface area contributed by atoms with E-state index in [0.717, 1.165) is 5.76 Å². The molecule has 2 heterocycles. The van der Waals surface area contributed by atoms with Crippen LogP contribution in [0.2, 0.25) is 0 Å². The summed E-state index contributed by atoms with van der Waals surface area (Å²) in [5, 5.41) is 6.07. The van der Waals surface area contributed by atoms with E-state index in [-0.39, 0.29) is 0 Å². The maximum absolute atomic E-state index is 5.26. The lowest BCUT2D eigenvalue weighted by Gasteiger charge is -2.11. The fourth-order valence-corrected chi connectivity index (χ4v) is 1.46. The second-order valence-electron chi connectivity index (χ2n) is 3.29. The molecule has 6 nitrogen and oxygen atoms in total. The van der Waals surface area contributed by atoms with Crippen LogP contribution in [-0.4, -0.2) is 24.1 Å². The highest BCUT2D eigenvalue weighted by molar-refractivity contribution is 5.63. The third-order valence-corrected chi connectivity index (χ3v) is 2.25. The van der Waals surface area contributed by atoms with Gasteiger partial charge in [-0.2, -0.15) is 0 Å². The number of nitrogens with one attached hydrogen (secondary N) is 2. The van der Waals surface area contributed by atoms with Crippen molar-refractivity contribution in [2.24, 2.45) is 0 Å². The molecule has 2 N–H and O–H groups in total. The number of nitrogens with zero attached hydrogens (tertiary/aromatic N) is 2. The van der Waals surface area contributed by atoms with E-state index in [4.69, 9.17) is 9.15 Å². The number of aromatic nitrogens is 2. The summed E-state index contributed by atoms with van der Waals surface area (Å²) in [4.78, 5) is 8.19. The molecule has 0 aliphatic heterocycles. The molecule has 0 spiro atoms. The monoisotopic (exact) mass is 234 g/mol. The van der Waals surface area contributed by atoms with E-state index in [1.807, 2.05) is 12.1 Å². The molecule has 0 radical (unpaired) electrons. The minimum Gasteiger partial charge on any atom is -0.490 e. The van der Waals surface area contributed by atoms with Crippen molar-refractivity contribution in [1.29, 1.82) is 0 Å². The molecule has 0 atom stereocenters. The Morgan fingerprint density at radius 1 is 1.35 bits per heavy atom. The first kappa shape index (κ1) is 11.3. The summed E-state index contributed by atoms with van der Waals surface area (Å²) in [6, 6.07) is 3.73. The molecule has 17 heavy (non-hydrogen) atoms. The summed E-state index contributed by atoms with van der Waals surface area (Å²) in [5.74, 6) is 2.69. The van der Waals surface area contributed by atoms with Crippen LogP contribution < -0.4 is 15.4 Å². The number of hydrogen-bond donors (Lipinski definition) is 2. The Bertz CT molecular complexity index is 470. The Morgan fingerprint density at radius 3 is 2.82 bits per heavy atom. The van der Waals surface area contributed by atoms with Gasteiger partial charge in [0.2, 0.25) is 5.75 Å². The molecule has 0 fully saturated rings. The zero-order valence-corrected chi connectivity index (χ0v) is 9.73. The molecule has 0 saturated heterocycles. The van der Waals surface area contributed by atoms with Gasteiger partial charge in [0.05, 0.1) is 19.9 Å². The summed E-state index contributed by atoms with van der Waals surface area (Å²) in [7, 11) is 3.36. The molecule has 2 aromatic heterocycles. The van der Waals surface area contributed by atoms with Crippen LogP contribution in [0.1, 0.15) is 5.76 Å². The number of anilines is 2. The van der Waals surface area contributed by atoms with Crippen molar-refractivity contribution in [2.75, 3.05) is 24.8 Å². The number of rotatable bonds is 5. The average Bonchev–Trinajstić information content (AvgIpc) is 2.88. The Morgan fingerprint density at radius 2 is 2.18 bits per heavy atom. The van der Waals surface area contributed by atoms with Crippen LogP contribution >= 0.6 is 0 Å². The predicted octanol–water partition coefficient (Wildman–Crippen LogP) is 1.73. The third-order valence-electron chi connectivity index (χ3n) is 2.25. The highest BCUT2D eigenvalue weighted by Crippen LogP contribution is 2.28. The predicted molar refractivity (Wildman–Crippen MR) is 64.2 cm³/mol. The van der Waals surface area contributed by atoms with Crippen LogP contribution in [0.15, 0.2) is 29.1 Å². The zero-order valence-electron chi connectivity index (χ0n) is 9.73. The van der Waals surface area contributed by atoms with Gasteiger partial charge in [-0.15, -0.1) is 0 Å². The molecule has 0 aliphatic carbocycles. The smallest absolute Gasteiger partial charge is 0.204 e. The highest BCUT2D eigenvalue weighted by Gasteiger charge is 2.10. The van der Waals surface area contributed by atoms with Crippen LogP contribution in [0.5, 0.6) is 5.75 Å². The van der Waals surface area contributed by atoms with Gasteiger partial charge in [0, 0.05) is 7.05 Å². The minimum absolute atomic E-state index is 0.545. The molecule has 90 valence electrons. The lowest BCUT2D eigenvalue weighted by molar-refractivity contribution is 0.414. The van der Waals surface area contributed by atoms with Gasteiger partial charge in [-0.1, -0.05) is 0 Å². The number of hydrogen-bond acceptors (Lipinski definition) is 6. The SMILES string of the molecule is CNc1ncnc(NCc2ccco2)c1OC. The van der Waals surface area contributed by atoms with E-state index < -0.39 is 0 Å². The number of furan rings is 1. The van der Waals surface area contributed by atoms with Gasteiger partial charge in [0.25, 0.3) is 0 Å². The fraction of sp³-hybridized carbons (Fsp3) is 0.273. The Hall–Kier alpha value is -2.24. The molecular weight excluding hydrogens is 220 g/mol. The van der Waals surface area contributed by atoms with Crippen molar-refractivity contribution in [3.8, 4) is 5.75 Å². The number of ether oxygens (including phenoxy) is 1. The molecular formula is C11H14N4O2. The van der Waals surface area contributed by atoms with Crippen molar-refractivity contribution in [3.05, 3.63) is 30.5 Å². The van der Waals surface area contributed by atoms with E-state index >= 15 is 0 Å². The first-order valence-corrected chi connectivity index (χ1v) is 5.18. The summed E-state index contributed by atoms with van der Waals surface area (Å²) in [6.45, 7) is 0.545. The highest BCUT2D eigenvalue weighted by atomic mass is 16.5. The van der Waals surface area contributed by atoms with E-state index in [2.05, 4.69) is 20.6 Å².